The van der Waals surface area contributed by atoms with Crippen molar-refractivity contribution in [2.45, 2.75) is 25.8 Å². The van der Waals surface area contributed by atoms with Crippen LogP contribution in [-0.2, 0) is 4.79 Å². The summed E-state index contributed by atoms with van der Waals surface area (Å²) in [5.41, 5.74) is 0. The Morgan fingerprint density at radius 2 is 2.36 bits per heavy atom. The lowest BCUT2D eigenvalue weighted by Gasteiger charge is -2.20. The Hall–Kier alpha value is -0.570. The number of carboxylic acid groups (broad SMARTS) is 1. The van der Waals surface area contributed by atoms with Gasteiger partial charge in [0.05, 0.1) is 5.92 Å². The molecule has 0 aromatic carbocycles. The molecule has 0 bridgehead atoms. The van der Waals surface area contributed by atoms with Gasteiger partial charge in [-0.15, -0.1) is 0 Å². The molecule has 0 amide bonds. The smallest absolute Gasteiger partial charge is 0.308 e. The molecule has 11 heavy (non-hydrogen) atoms. The van der Waals surface area contributed by atoms with Gasteiger partial charge < -0.3 is 10.0 Å². The van der Waals surface area contributed by atoms with Crippen molar-refractivity contribution in [3.05, 3.63) is 0 Å². The Morgan fingerprint density at radius 3 is 2.73 bits per heavy atom. The summed E-state index contributed by atoms with van der Waals surface area (Å²) in [6, 6.07) is 0.257. The topological polar surface area (TPSA) is 40.5 Å². The third kappa shape index (κ3) is 1.53. The van der Waals surface area contributed by atoms with Gasteiger partial charge in [0.2, 0.25) is 0 Å². The van der Waals surface area contributed by atoms with E-state index < -0.39 is 5.97 Å². The summed E-state index contributed by atoms with van der Waals surface area (Å²) in [4.78, 5) is 12.8. The van der Waals surface area contributed by atoms with Crippen molar-refractivity contribution < 1.29 is 9.90 Å². The third-order valence-corrected chi connectivity index (χ3v) is 2.56. The summed E-state index contributed by atoms with van der Waals surface area (Å²) in [7, 11) is 2.00. The minimum Gasteiger partial charge on any atom is -0.481 e. The number of nitrogens with zero attached hydrogens (tertiary/aromatic N) is 1. The number of hydrogen-bond donors (Lipinski definition) is 1. The quantitative estimate of drug-likeness (QED) is 0.644. The largest absolute Gasteiger partial charge is 0.481 e. The molecule has 1 aliphatic rings. The summed E-state index contributed by atoms with van der Waals surface area (Å²) in [6.45, 7) is 2.97. The molecule has 1 aliphatic heterocycles. The summed E-state index contributed by atoms with van der Waals surface area (Å²) in [6.07, 6.45) is 1.75. The van der Waals surface area contributed by atoms with Crippen molar-refractivity contribution in [2.75, 3.05) is 13.6 Å². The van der Waals surface area contributed by atoms with Gasteiger partial charge in [-0.3, -0.25) is 4.79 Å². The maximum absolute atomic E-state index is 10.7. The molecule has 0 saturated carbocycles. The second-order valence-corrected chi connectivity index (χ2v) is 3.19. The molecule has 3 heteroatoms. The van der Waals surface area contributed by atoms with Crippen molar-refractivity contribution in [3.8, 4) is 0 Å². The van der Waals surface area contributed by atoms with Crippen LogP contribution in [0.3, 0.4) is 0 Å². The molecule has 1 N–H and O–H groups in total. The first-order valence-electron chi connectivity index (χ1n) is 4.09. The van der Waals surface area contributed by atoms with Crippen LogP contribution in [0.5, 0.6) is 0 Å². The molecule has 1 heterocycles. The van der Waals surface area contributed by atoms with Crippen LogP contribution in [0.15, 0.2) is 0 Å². The fourth-order valence-electron chi connectivity index (χ4n) is 1.89. The molecule has 0 radical (unpaired) electrons. The van der Waals surface area contributed by atoms with Crippen LogP contribution < -0.4 is 0 Å². The van der Waals surface area contributed by atoms with E-state index in [2.05, 4.69) is 4.90 Å². The minimum atomic E-state index is -0.638. The van der Waals surface area contributed by atoms with Crippen molar-refractivity contribution >= 4 is 5.97 Å². The van der Waals surface area contributed by atoms with Crippen molar-refractivity contribution in [1.82, 2.24) is 4.90 Å². The fourth-order valence-corrected chi connectivity index (χ4v) is 1.89. The molecule has 64 valence electrons. The predicted molar refractivity (Wildman–Crippen MR) is 42.5 cm³/mol. The fraction of sp³-hybridized carbons (Fsp3) is 0.875. The number of carbonyl (C=O) groups is 1. The van der Waals surface area contributed by atoms with Crippen LogP contribution in [0.2, 0.25) is 0 Å². The Labute approximate surface area is 67.0 Å². The predicted octanol–water partition coefficient (Wildman–Crippen LogP) is 0.801. The van der Waals surface area contributed by atoms with Gasteiger partial charge in [0.15, 0.2) is 0 Å². The van der Waals surface area contributed by atoms with Crippen molar-refractivity contribution in [1.29, 1.82) is 0 Å². The van der Waals surface area contributed by atoms with E-state index in [0.717, 1.165) is 19.4 Å². The summed E-state index contributed by atoms with van der Waals surface area (Å²) >= 11 is 0. The standard InChI is InChI=1S/C8H15NO2/c1-3-7-6(8(10)11)4-5-9(7)2/h6-7H,3-5H2,1-2H3,(H,10,11). The zero-order valence-electron chi connectivity index (χ0n) is 7.08. The van der Waals surface area contributed by atoms with Crippen LogP contribution in [0.1, 0.15) is 19.8 Å². The normalized spacial score (nSPS) is 32.5. The second-order valence-electron chi connectivity index (χ2n) is 3.19. The van der Waals surface area contributed by atoms with Crippen LogP contribution in [0.4, 0.5) is 0 Å². The maximum Gasteiger partial charge on any atom is 0.308 e. The maximum atomic E-state index is 10.7. The van der Waals surface area contributed by atoms with Gasteiger partial charge in [-0.2, -0.15) is 0 Å². The van der Waals surface area contributed by atoms with Crippen LogP contribution >= 0.6 is 0 Å². The van der Waals surface area contributed by atoms with E-state index in [1.54, 1.807) is 0 Å². The van der Waals surface area contributed by atoms with Gasteiger partial charge in [0.25, 0.3) is 0 Å². The van der Waals surface area contributed by atoms with E-state index >= 15 is 0 Å². The van der Waals surface area contributed by atoms with Crippen LogP contribution in [-0.4, -0.2) is 35.6 Å². The van der Waals surface area contributed by atoms with E-state index in [-0.39, 0.29) is 12.0 Å². The van der Waals surface area contributed by atoms with Gasteiger partial charge in [-0.1, -0.05) is 6.92 Å². The van der Waals surface area contributed by atoms with Gasteiger partial charge in [0.1, 0.15) is 0 Å². The number of likely N-dealkylation sites (tertiary alicyclic amines) is 1. The van der Waals surface area contributed by atoms with E-state index in [1.165, 1.54) is 0 Å². The highest BCUT2D eigenvalue weighted by atomic mass is 16.4. The summed E-state index contributed by atoms with van der Waals surface area (Å²) < 4.78 is 0. The number of hydrogen-bond acceptors (Lipinski definition) is 2. The summed E-state index contributed by atoms with van der Waals surface area (Å²) in [5.74, 6) is -0.772. The molecular formula is C8H15NO2. The first kappa shape index (κ1) is 8.53. The van der Waals surface area contributed by atoms with Gasteiger partial charge in [-0.05, 0) is 26.4 Å². The first-order valence-corrected chi connectivity index (χ1v) is 4.09. The molecular weight excluding hydrogens is 142 g/mol. The molecule has 1 saturated heterocycles. The first-order chi connectivity index (χ1) is 5.16. The highest BCUT2D eigenvalue weighted by Crippen LogP contribution is 2.24. The van der Waals surface area contributed by atoms with Crippen LogP contribution in [0.25, 0.3) is 0 Å². The van der Waals surface area contributed by atoms with E-state index in [1.807, 2.05) is 14.0 Å². The zero-order chi connectivity index (χ0) is 8.43. The van der Waals surface area contributed by atoms with Gasteiger partial charge in [0, 0.05) is 6.04 Å². The van der Waals surface area contributed by atoms with E-state index in [9.17, 15) is 4.79 Å². The van der Waals surface area contributed by atoms with Gasteiger partial charge in [-0.25, -0.2) is 0 Å². The molecule has 1 rings (SSSR count). The Bertz CT molecular complexity index is 158. The SMILES string of the molecule is CCC1C(C(=O)O)CCN1C. The highest BCUT2D eigenvalue weighted by Gasteiger charge is 2.35. The van der Waals surface area contributed by atoms with Crippen molar-refractivity contribution in [3.63, 3.8) is 0 Å². The Balaban J connectivity index is 2.61. The molecule has 2 atom stereocenters. The highest BCUT2D eigenvalue weighted by molar-refractivity contribution is 5.71. The lowest BCUT2D eigenvalue weighted by Crippen LogP contribution is -2.32. The molecule has 0 aromatic heterocycles. The van der Waals surface area contributed by atoms with Crippen molar-refractivity contribution in [2.24, 2.45) is 5.92 Å². The lowest BCUT2D eigenvalue weighted by atomic mass is 9.99. The zero-order valence-corrected chi connectivity index (χ0v) is 7.08. The molecule has 3 nitrogen and oxygen atoms in total. The number of rotatable bonds is 2. The second kappa shape index (κ2) is 3.22. The minimum absolute atomic E-state index is 0.134. The molecule has 0 aromatic rings. The lowest BCUT2D eigenvalue weighted by molar-refractivity contribution is -0.142. The Kier molecular flexibility index (Phi) is 2.49. The van der Waals surface area contributed by atoms with E-state index in [0.29, 0.717) is 0 Å². The number of carboxylic acids is 1. The summed E-state index contributed by atoms with van der Waals surface area (Å²) in [5, 5.41) is 8.81. The average Bonchev–Trinajstić information content (AvgIpc) is 2.30. The van der Waals surface area contributed by atoms with Gasteiger partial charge >= 0.3 is 5.97 Å². The van der Waals surface area contributed by atoms with Crippen LogP contribution in [0, 0.1) is 5.92 Å². The molecule has 0 spiro atoms. The number of aliphatic carboxylic acids is 1. The molecule has 0 aliphatic carbocycles. The monoisotopic (exact) mass is 157 g/mol. The third-order valence-electron chi connectivity index (χ3n) is 2.56. The average molecular weight is 157 g/mol. The van der Waals surface area contributed by atoms with E-state index in [4.69, 9.17) is 5.11 Å². The molecule has 1 fully saturated rings. The Morgan fingerprint density at radius 1 is 1.73 bits per heavy atom. The molecule has 2 unspecified atom stereocenters.